The maximum Gasteiger partial charge on any atom is 0.326 e. The van der Waals surface area contributed by atoms with E-state index in [2.05, 4.69) is 15.5 Å². The fourth-order valence-corrected chi connectivity index (χ4v) is 2.43. The molecule has 1 aromatic heterocycles. The predicted molar refractivity (Wildman–Crippen MR) is 72.2 cm³/mol. The van der Waals surface area contributed by atoms with Gasteiger partial charge in [-0.3, -0.25) is 5.10 Å². The Balaban J connectivity index is 1.98. The zero-order valence-electron chi connectivity index (χ0n) is 11.6. The number of nitrogens with one attached hydrogen (secondary N) is 2. The maximum absolute atomic E-state index is 12.2. The molecule has 0 spiro atoms. The fourth-order valence-electron chi connectivity index (χ4n) is 2.43. The highest BCUT2D eigenvalue weighted by Crippen LogP contribution is 2.17. The summed E-state index contributed by atoms with van der Waals surface area (Å²) in [6.07, 6.45) is 4.85. The molecular formula is C13H20N4O3. The lowest BCUT2D eigenvalue weighted by Gasteiger charge is -2.27. The molecule has 0 aromatic carbocycles. The standard InChI is InChI=1S/C13H20N4O3/c1-9-10(8-15-16-9)7-14-13(20)17-6-4-2-3-5-11(17)12(18)19/h8,11H,2-7H2,1H3,(H,14,20)(H,15,16)(H,18,19). The molecule has 0 aliphatic carbocycles. The molecule has 0 bridgehead atoms. The third-order valence-corrected chi connectivity index (χ3v) is 3.66. The van der Waals surface area contributed by atoms with E-state index in [1.165, 1.54) is 4.90 Å². The molecule has 1 aliphatic heterocycles. The highest BCUT2D eigenvalue weighted by atomic mass is 16.4. The fraction of sp³-hybridized carbons (Fsp3) is 0.615. The van der Waals surface area contributed by atoms with Gasteiger partial charge in [-0.1, -0.05) is 12.8 Å². The molecule has 110 valence electrons. The number of amides is 2. The summed E-state index contributed by atoms with van der Waals surface area (Å²) in [5, 5.41) is 18.7. The van der Waals surface area contributed by atoms with E-state index in [1.54, 1.807) is 6.20 Å². The van der Waals surface area contributed by atoms with E-state index in [-0.39, 0.29) is 6.03 Å². The topological polar surface area (TPSA) is 98.3 Å². The van der Waals surface area contributed by atoms with Crippen molar-refractivity contribution in [2.75, 3.05) is 6.54 Å². The quantitative estimate of drug-likeness (QED) is 0.776. The molecule has 2 rings (SSSR count). The van der Waals surface area contributed by atoms with Crippen LogP contribution in [0.2, 0.25) is 0 Å². The number of hydrogen-bond acceptors (Lipinski definition) is 3. The van der Waals surface area contributed by atoms with E-state index in [9.17, 15) is 14.7 Å². The van der Waals surface area contributed by atoms with Gasteiger partial charge in [0.2, 0.25) is 0 Å². The minimum absolute atomic E-state index is 0.320. The van der Waals surface area contributed by atoms with Gasteiger partial charge in [0.05, 0.1) is 6.20 Å². The molecule has 7 heteroatoms. The van der Waals surface area contributed by atoms with Crippen molar-refractivity contribution < 1.29 is 14.7 Å². The lowest BCUT2D eigenvalue weighted by molar-refractivity contribution is -0.142. The average molecular weight is 280 g/mol. The number of carbonyl (C=O) groups excluding carboxylic acids is 1. The Hall–Kier alpha value is -2.05. The minimum atomic E-state index is -0.929. The number of carbonyl (C=O) groups is 2. The summed E-state index contributed by atoms with van der Waals surface area (Å²) in [7, 11) is 0. The summed E-state index contributed by atoms with van der Waals surface area (Å²) in [6, 6.07) is -1.04. The Bertz CT molecular complexity index is 486. The number of aromatic amines is 1. The van der Waals surface area contributed by atoms with Crippen LogP contribution in [0.4, 0.5) is 4.79 Å². The van der Waals surface area contributed by atoms with Crippen LogP contribution in [0.25, 0.3) is 0 Å². The van der Waals surface area contributed by atoms with Gasteiger partial charge in [-0.25, -0.2) is 9.59 Å². The van der Waals surface area contributed by atoms with E-state index >= 15 is 0 Å². The lowest BCUT2D eigenvalue weighted by Crippen LogP contribution is -2.49. The number of carboxylic acids is 1. The minimum Gasteiger partial charge on any atom is -0.480 e. The van der Waals surface area contributed by atoms with Crippen LogP contribution in [-0.4, -0.2) is 44.8 Å². The largest absolute Gasteiger partial charge is 0.480 e. The first-order valence-electron chi connectivity index (χ1n) is 6.85. The second-order valence-corrected chi connectivity index (χ2v) is 5.08. The third-order valence-electron chi connectivity index (χ3n) is 3.66. The average Bonchev–Trinajstić information content (AvgIpc) is 2.67. The number of hydrogen-bond donors (Lipinski definition) is 3. The molecule has 1 aromatic rings. The molecule has 0 radical (unpaired) electrons. The van der Waals surface area contributed by atoms with Gasteiger partial charge in [0.15, 0.2) is 0 Å². The van der Waals surface area contributed by atoms with Crippen LogP contribution in [0, 0.1) is 6.92 Å². The molecule has 7 nitrogen and oxygen atoms in total. The molecule has 3 N–H and O–H groups in total. The first-order chi connectivity index (χ1) is 9.59. The Morgan fingerprint density at radius 3 is 2.95 bits per heavy atom. The second kappa shape index (κ2) is 6.40. The Morgan fingerprint density at radius 1 is 1.50 bits per heavy atom. The highest BCUT2D eigenvalue weighted by molar-refractivity contribution is 5.82. The van der Waals surface area contributed by atoms with E-state index < -0.39 is 12.0 Å². The second-order valence-electron chi connectivity index (χ2n) is 5.08. The van der Waals surface area contributed by atoms with Crippen LogP contribution < -0.4 is 5.32 Å². The maximum atomic E-state index is 12.2. The van der Waals surface area contributed by atoms with Crippen molar-refractivity contribution in [3.8, 4) is 0 Å². The molecule has 1 fully saturated rings. The van der Waals surface area contributed by atoms with Gasteiger partial charge in [0.1, 0.15) is 6.04 Å². The van der Waals surface area contributed by atoms with Crippen molar-refractivity contribution in [2.45, 2.75) is 45.2 Å². The van der Waals surface area contributed by atoms with Gasteiger partial charge in [-0.05, 0) is 19.8 Å². The molecule has 2 amide bonds. The zero-order chi connectivity index (χ0) is 14.5. The monoisotopic (exact) mass is 280 g/mol. The van der Waals surface area contributed by atoms with Crippen LogP contribution >= 0.6 is 0 Å². The number of aromatic nitrogens is 2. The Morgan fingerprint density at radius 2 is 2.30 bits per heavy atom. The van der Waals surface area contributed by atoms with E-state index in [0.717, 1.165) is 30.5 Å². The Kier molecular flexibility index (Phi) is 4.60. The van der Waals surface area contributed by atoms with Crippen molar-refractivity contribution in [1.29, 1.82) is 0 Å². The van der Waals surface area contributed by atoms with Gasteiger partial charge in [-0.15, -0.1) is 0 Å². The van der Waals surface area contributed by atoms with Crippen molar-refractivity contribution >= 4 is 12.0 Å². The van der Waals surface area contributed by atoms with Gasteiger partial charge in [0, 0.05) is 24.3 Å². The number of rotatable bonds is 3. The third kappa shape index (κ3) is 3.28. The summed E-state index contributed by atoms with van der Waals surface area (Å²) >= 11 is 0. The number of aliphatic carboxylic acids is 1. The zero-order valence-corrected chi connectivity index (χ0v) is 11.6. The summed E-state index contributed by atoms with van der Waals surface area (Å²) in [4.78, 5) is 24.9. The van der Waals surface area contributed by atoms with Gasteiger partial charge in [0.25, 0.3) is 0 Å². The van der Waals surface area contributed by atoms with Gasteiger partial charge >= 0.3 is 12.0 Å². The number of carboxylic acid groups (broad SMARTS) is 1. The SMILES string of the molecule is Cc1[nH]ncc1CNC(=O)N1CCCCCC1C(=O)O. The molecule has 1 unspecified atom stereocenters. The van der Waals surface area contributed by atoms with Gasteiger partial charge < -0.3 is 15.3 Å². The smallest absolute Gasteiger partial charge is 0.326 e. The van der Waals surface area contributed by atoms with Gasteiger partial charge in [-0.2, -0.15) is 5.10 Å². The summed E-state index contributed by atoms with van der Waals surface area (Å²) < 4.78 is 0. The molecule has 1 atom stereocenters. The van der Waals surface area contributed by atoms with Crippen LogP contribution in [0.5, 0.6) is 0 Å². The summed E-state index contributed by atoms with van der Waals surface area (Å²) in [6.45, 7) is 2.72. The summed E-state index contributed by atoms with van der Waals surface area (Å²) in [5.74, 6) is -0.929. The molecule has 1 aliphatic rings. The van der Waals surface area contributed by atoms with Crippen molar-refractivity contribution in [2.24, 2.45) is 0 Å². The van der Waals surface area contributed by atoms with Crippen LogP contribution in [-0.2, 0) is 11.3 Å². The number of nitrogens with zero attached hydrogens (tertiary/aromatic N) is 2. The Labute approximate surface area is 117 Å². The van der Waals surface area contributed by atoms with Crippen LogP contribution in [0.1, 0.15) is 36.9 Å². The van der Waals surface area contributed by atoms with Crippen molar-refractivity contribution in [3.05, 3.63) is 17.5 Å². The molecular weight excluding hydrogens is 260 g/mol. The van der Waals surface area contributed by atoms with Crippen LogP contribution in [0.15, 0.2) is 6.20 Å². The normalized spacial score (nSPS) is 19.4. The molecule has 1 saturated heterocycles. The number of aryl methyl sites for hydroxylation is 1. The van der Waals surface area contributed by atoms with Crippen LogP contribution in [0.3, 0.4) is 0 Å². The van der Waals surface area contributed by atoms with E-state index in [1.807, 2.05) is 6.92 Å². The van der Waals surface area contributed by atoms with Crippen molar-refractivity contribution in [3.63, 3.8) is 0 Å². The van der Waals surface area contributed by atoms with Crippen molar-refractivity contribution in [1.82, 2.24) is 20.4 Å². The summed E-state index contributed by atoms with van der Waals surface area (Å²) in [5.41, 5.74) is 1.80. The molecule has 20 heavy (non-hydrogen) atoms. The van der Waals surface area contributed by atoms with E-state index in [0.29, 0.717) is 19.5 Å². The number of H-pyrrole nitrogens is 1. The highest BCUT2D eigenvalue weighted by Gasteiger charge is 2.30. The lowest BCUT2D eigenvalue weighted by atomic mass is 10.1. The van der Waals surface area contributed by atoms with E-state index in [4.69, 9.17) is 0 Å². The predicted octanol–water partition coefficient (Wildman–Crippen LogP) is 1.26. The molecule has 2 heterocycles. The number of likely N-dealkylation sites (tertiary alicyclic amines) is 1. The first-order valence-corrected chi connectivity index (χ1v) is 6.85. The number of urea groups is 1. The molecule has 0 saturated carbocycles. The first kappa shape index (κ1) is 14.4.